The summed E-state index contributed by atoms with van der Waals surface area (Å²) in [5.41, 5.74) is -0.296. The van der Waals surface area contributed by atoms with Crippen LogP contribution in [-0.2, 0) is 4.79 Å². The van der Waals surface area contributed by atoms with Gasteiger partial charge in [-0.2, -0.15) is 0 Å². The van der Waals surface area contributed by atoms with Gasteiger partial charge < -0.3 is 15.7 Å². The molecule has 0 radical (unpaired) electrons. The van der Waals surface area contributed by atoms with Crippen molar-refractivity contribution in [2.75, 3.05) is 13.1 Å². The molecule has 2 aliphatic rings. The van der Waals surface area contributed by atoms with Crippen LogP contribution in [0.2, 0.25) is 0 Å². The van der Waals surface area contributed by atoms with Crippen LogP contribution in [0.15, 0.2) is 0 Å². The van der Waals surface area contributed by atoms with Gasteiger partial charge in [0, 0.05) is 6.54 Å². The third-order valence-corrected chi connectivity index (χ3v) is 4.19. The molecule has 1 aliphatic heterocycles. The number of hydrogen-bond donors (Lipinski definition) is 3. The molecule has 1 aliphatic carbocycles. The van der Waals surface area contributed by atoms with E-state index in [0.717, 1.165) is 51.6 Å². The highest BCUT2D eigenvalue weighted by Gasteiger charge is 2.36. The van der Waals surface area contributed by atoms with Gasteiger partial charge in [-0.3, -0.25) is 4.79 Å². The Balaban J connectivity index is 1.90. The van der Waals surface area contributed by atoms with Crippen molar-refractivity contribution in [3.05, 3.63) is 0 Å². The summed E-state index contributed by atoms with van der Waals surface area (Å²) in [6.45, 7) is 3.78. The number of nitrogens with one attached hydrogen (secondary N) is 2. The highest BCUT2D eigenvalue weighted by molar-refractivity contribution is 5.83. The van der Waals surface area contributed by atoms with Crippen LogP contribution in [0.25, 0.3) is 0 Å². The number of amides is 1. The fourth-order valence-corrected chi connectivity index (χ4v) is 2.87. The second-order valence-corrected chi connectivity index (χ2v) is 5.77. The molecule has 1 saturated heterocycles. The van der Waals surface area contributed by atoms with Crippen molar-refractivity contribution in [2.45, 2.75) is 57.6 Å². The van der Waals surface area contributed by atoms with E-state index in [9.17, 15) is 9.90 Å². The van der Waals surface area contributed by atoms with E-state index in [4.69, 9.17) is 0 Å². The predicted molar refractivity (Wildman–Crippen MR) is 66.6 cm³/mol. The zero-order valence-corrected chi connectivity index (χ0v) is 10.7. The van der Waals surface area contributed by atoms with Gasteiger partial charge in [0.25, 0.3) is 0 Å². The number of rotatable bonds is 2. The second kappa shape index (κ2) is 5.36. The maximum absolute atomic E-state index is 12.3. The summed E-state index contributed by atoms with van der Waals surface area (Å²) in [7, 11) is 0. The van der Waals surface area contributed by atoms with Gasteiger partial charge >= 0.3 is 0 Å². The molecule has 1 heterocycles. The molecular weight excluding hydrogens is 216 g/mol. The SMILES string of the molecule is CC1(C(=O)N[C@H]2CCCC[C@@H]2O)CCCNC1. The van der Waals surface area contributed by atoms with E-state index >= 15 is 0 Å². The highest BCUT2D eigenvalue weighted by Crippen LogP contribution is 2.27. The molecule has 4 heteroatoms. The average Bonchev–Trinajstić information content (AvgIpc) is 2.33. The minimum absolute atomic E-state index is 0.0324. The molecule has 2 fully saturated rings. The number of aliphatic hydroxyl groups is 1. The highest BCUT2D eigenvalue weighted by atomic mass is 16.3. The van der Waals surface area contributed by atoms with E-state index in [1.807, 2.05) is 6.92 Å². The van der Waals surface area contributed by atoms with Crippen LogP contribution in [0, 0.1) is 5.41 Å². The molecule has 0 aromatic rings. The Kier molecular flexibility index (Phi) is 4.05. The number of hydrogen-bond acceptors (Lipinski definition) is 3. The molecule has 0 aromatic carbocycles. The molecule has 1 saturated carbocycles. The maximum atomic E-state index is 12.3. The Bertz CT molecular complexity index is 275. The standard InChI is InChI=1S/C13H24N2O2/c1-13(7-4-8-14-9-13)12(17)15-10-5-2-3-6-11(10)16/h10-11,14,16H,2-9H2,1H3,(H,15,17)/t10-,11-,13?/m0/s1. The molecule has 0 aromatic heterocycles. The van der Waals surface area contributed by atoms with Gasteiger partial charge in [0.05, 0.1) is 17.6 Å². The van der Waals surface area contributed by atoms with Crippen molar-refractivity contribution in [3.8, 4) is 0 Å². The van der Waals surface area contributed by atoms with Crippen LogP contribution in [0.3, 0.4) is 0 Å². The van der Waals surface area contributed by atoms with Crippen LogP contribution in [-0.4, -0.2) is 36.2 Å². The lowest BCUT2D eigenvalue weighted by atomic mass is 9.81. The minimum Gasteiger partial charge on any atom is -0.391 e. The zero-order valence-electron chi connectivity index (χ0n) is 10.7. The van der Waals surface area contributed by atoms with Crippen molar-refractivity contribution in [1.82, 2.24) is 10.6 Å². The maximum Gasteiger partial charge on any atom is 0.227 e. The lowest BCUT2D eigenvalue weighted by Gasteiger charge is -2.36. The summed E-state index contributed by atoms with van der Waals surface area (Å²) in [6.07, 6.45) is 5.55. The van der Waals surface area contributed by atoms with E-state index in [1.54, 1.807) is 0 Å². The number of carbonyl (C=O) groups is 1. The van der Waals surface area contributed by atoms with Crippen LogP contribution >= 0.6 is 0 Å². The van der Waals surface area contributed by atoms with Gasteiger partial charge in [-0.1, -0.05) is 12.8 Å². The lowest BCUT2D eigenvalue weighted by Crippen LogP contribution is -2.54. The normalized spacial score (nSPS) is 38.7. The van der Waals surface area contributed by atoms with E-state index < -0.39 is 0 Å². The summed E-state index contributed by atoms with van der Waals surface area (Å²) in [5.74, 6) is 0.107. The molecule has 1 unspecified atom stereocenters. The first-order valence-electron chi connectivity index (χ1n) is 6.82. The minimum atomic E-state index is -0.354. The fourth-order valence-electron chi connectivity index (χ4n) is 2.87. The summed E-state index contributed by atoms with van der Waals surface area (Å²) >= 11 is 0. The number of carbonyl (C=O) groups excluding carboxylic acids is 1. The molecule has 0 bridgehead atoms. The Morgan fingerprint density at radius 2 is 2.12 bits per heavy atom. The van der Waals surface area contributed by atoms with Crippen molar-refractivity contribution >= 4 is 5.91 Å². The first kappa shape index (κ1) is 12.8. The van der Waals surface area contributed by atoms with Crippen LogP contribution < -0.4 is 10.6 Å². The van der Waals surface area contributed by atoms with Crippen molar-refractivity contribution < 1.29 is 9.90 Å². The van der Waals surface area contributed by atoms with Gasteiger partial charge in [-0.05, 0) is 39.2 Å². The van der Waals surface area contributed by atoms with Gasteiger partial charge in [0.1, 0.15) is 0 Å². The van der Waals surface area contributed by atoms with Gasteiger partial charge in [-0.15, -0.1) is 0 Å². The van der Waals surface area contributed by atoms with Gasteiger partial charge in [0.15, 0.2) is 0 Å². The molecule has 17 heavy (non-hydrogen) atoms. The van der Waals surface area contributed by atoms with Crippen molar-refractivity contribution in [2.24, 2.45) is 5.41 Å². The van der Waals surface area contributed by atoms with Crippen molar-refractivity contribution in [1.29, 1.82) is 0 Å². The monoisotopic (exact) mass is 240 g/mol. The van der Waals surface area contributed by atoms with E-state index in [2.05, 4.69) is 10.6 Å². The van der Waals surface area contributed by atoms with Crippen LogP contribution in [0.5, 0.6) is 0 Å². The van der Waals surface area contributed by atoms with Gasteiger partial charge in [-0.25, -0.2) is 0 Å². The average molecular weight is 240 g/mol. The molecule has 3 N–H and O–H groups in total. The summed E-state index contributed by atoms with van der Waals surface area (Å²) in [5, 5.41) is 16.2. The zero-order chi connectivity index (χ0) is 12.3. The molecule has 2 rings (SSSR count). The van der Waals surface area contributed by atoms with E-state index in [1.165, 1.54) is 0 Å². The largest absolute Gasteiger partial charge is 0.391 e. The quantitative estimate of drug-likeness (QED) is 0.669. The Morgan fingerprint density at radius 3 is 2.76 bits per heavy atom. The third kappa shape index (κ3) is 2.99. The number of aliphatic hydroxyl groups excluding tert-OH is 1. The Morgan fingerprint density at radius 1 is 1.35 bits per heavy atom. The van der Waals surface area contributed by atoms with Gasteiger partial charge in [0.2, 0.25) is 5.91 Å². The first-order chi connectivity index (χ1) is 8.12. The lowest BCUT2D eigenvalue weighted by molar-refractivity contribution is -0.133. The summed E-state index contributed by atoms with van der Waals surface area (Å²) in [4.78, 5) is 12.3. The molecule has 3 atom stereocenters. The fraction of sp³-hybridized carbons (Fsp3) is 0.923. The van der Waals surface area contributed by atoms with E-state index in [-0.39, 0.29) is 23.5 Å². The smallest absolute Gasteiger partial charge is 0.227 e. The summed E-state index contributed by atoms with van der Waals surface area (Å²) < 4.78 is 0. The van der Waals surface area contributed by atoms with E-state index in [0.29, 0.717) is 0 Å². The van der Waals surface area contributed by atoms with Crippen molar-refractivity contribution in [3.63, 3.8) is 0 Å². The molecular formula is C13H24N2O2. The second-order valence-electron chi connectivity index (χ2n) is 5.77. The molecule has 1 amide bonds. The molecule has 4 nitrogen and oxygen atoms in total. The van der Waals surface area contributed by atoms with Crippen LogP contribution in [0.1, 0.15) is 45.4 Å². The topological polar surface area (TPSA) is 61.4 Å². The third-order valence-electron chi connectivity index (χ3n) is 4.19. The molecule has 0 spiro atoms. The Hall–Kier alpha value is -0.610. The first-order valence-corrected chi connectivity index (χ1v) is 6.82. The number of piperidine rings is 1. The Labute approximate surface area is 103 Å². The summed E-state index contributed by atoms with van der Waals surface area (Å²) in [6, 6.07) is -0.0324. The molecule has 98 valence electrons. The van der Waals surface area contributed by atoms with Crippen LogP contribution in [0.4, 0.5) is 0 Å². The predicted octanol–water partition coefficient (Wildman–Crippen LogP) is 0.796.